The maximum absolute atomic E-state index is 14.3. The Morgan fingerprint density at radius 3 is 2.52 bits per heavy atom. The molecule has 0 amide bonds. The summed E-state index contributed by atoms with van der Waals surface area (Å²) in [6.07, 6.45) is 0. The van der Waals surface area contributed by atoms with E-state index in [2.05, 4.69) is 10.1 Å². The van der Waals surface area contributed by atoms with Crippen LogP contribution in [0.1, 0.15) is 11.3 Å². The van der Waals surface area contributed by atoms with Crippen LogP contribution >= 0.6 is 0 Å². The molecular formula is C20H12F2N4O. The fourth-order valence-electron chi connectivity index (χ4n) is 3.04. The zero-order valence-corrected chi connectivity index (χ0v) is 14.1. The largest absolute Gasteiger partial charge is 0.339 e. The van der Waals surface area contributed by atoms with Crippen LogP contribution in [-0.2, 0) is 0 Å². The zero-order valence-electron chi connectivity index (χ0n) is 14.1. The molecule has 2 aromatic carbocycles. The first-order valence-electron chi connectivity index (χ1n) is 8.06. The predicted molar refractivity (Wildman–Crippen MR) is 96.1 cm³/mol. The molecule has 4 aromatic rings. The topological polar surface area (TPSA) is 74.0 Å². The van der Waals surface area contributed by atoms with Gasteiger partial charge in [0.05, 0.1) is 28.6 Å². The number of H-pyrrole nitrogens is 1. The number of aryl methyl sites for hydroxylation is 1. The quantitative estimate of drug-likeness (QED) is 0.589. The summed E-state index contributed by atoms with van der Waals surface area (Å²) >= 11 is 0. The molecule has 0 bridgehead atoms. The minimum atomic E-state index is -0.738. The smallest absolute Gasteiger partial charge is 0.274 e. The molecule has 132 valence electrons. The minimum Gasteiger partial charge on any atom is -0.339 e. The Labute approximate surface area is 152 Å². The highest BCUT2D eigenvalue weighted by Crippen LogP contribution is 2.30. The lowest BCUT2D eigenvalue weighted by atomic mass is 10.1. The molecule has 0 fully saturated rings. The molecule has 0 saturated carbocycles. The lowest BCUT2D eigenvalue weighted by Crippen LogP contribution is -2.14. The van der Waals surface area contributed by atoms with Crippen molar-refractivity contribution in [2.45, 2.75) is 6.92 Å². The van der Waals surface area contributed by atoms with E-state index in [-0.39, 0.29) is 11.1 Å². The lowest BCUT2D eigenvalue weighted by Gasteiger charge is -2.06. The van der Waals surface area contributed by atoms with Gasteiger partial charge in [0.25, 0.3) is 5.56 Å². The fourth-order valence-corrected chi connectivity index (χ4v) is 3.04. The molecular weight excluding hydrogens is 350 g/mol. The second-order valence-electron chi connectivity index (χ2n) is 6.06. The standard InChI is InChI=1S/C20H12F2N4O/c1-11-19(15-7-6-14(21)8-16(15)22)20-24-17(9-18(27)26(20)25-11)13-4-2-12(10-23)3-5-13/h2-9,24H,1H3. The van der Waals surface area contributed by atoms with Crippen molar-refractivity contribution in [3.8, 4) is 28.5 Å². The molecule has 27 heavy (non-hydrogen) atoms. The van der Waals surface area contributed by atoms with Crippen LogP contribution in [0.25, 0.3) is 28.0 Å². The van der Waals surface area contributed by atoms with Crippen molar-refractivity contribution < 1.29 is 8.78 Å². The Hall–Kier alpha value is -3.79. The van der Waals surface area contributed by atoms with E-state index in [1.54, 1.807) is 31.2 Å². The van der Waals surface area contributed by atoms with E-state index in [1.807, 2.05) is 6.07 Å². The molecule has 7 heteroatoms. The molecule has 0 saturated heterocycles. The summed E-state index contributed by atoms with van der Waals surface area (Å²) in [6.45, 7) is 1.65. The van der Waals surface area contributed by atoms with Crippen molar-refractivity contribution in [1.82, 2.24) is 14.6 Å². The third kappa shape index (κ3) is 2.77. The fraction of sp³-hybridized carbons (Fsp3) is 0.0500. The van der Waals surface area contributed by atoms with Gasteiger partial charge in [-0.3, -0.25) is 4.79 Å². The van der Waals surface area contributed by atoms with Gasteiger partial charge in [-0.25, -0.2) is 8.78 Å². The first-order valence-corrected chi connectivity index (χ1v) is 8.06. The molecule has 5 nitrogen and oxygen atoms in total. The van der Waals surface area contributed by atoms with Gasteiger partial charge in [-0.15, -0.1) is 0 Å². The average Bonchev–Trinajstić information content (AvgIpc) is 2.98. The van der Waals surface area contributed by atoms with Gasteiger partial charge in [-0.1, -0.05) is 12.1 Å². The van der Waals surface area contributed by atoms with E-state index in [1.165, 1.54) is 12.1 Å². The van der Waals surface area contributed by atoms with Gasteiger partial charge in [0.15, 0.2) is 0 Å². The van der Waals surface area contributed by atoms with Crippen molar-refractivity contribution in [1.29, 1.82) is 5.26 Å². The molecule has 0 aliphatic carbocycles. The Kier molecular flexibility index (Phi) is 3.81. The molecule has 0 aliphatic rings. The Morgan fingerprint density at radius 1 is 1.11 bits per heavy atom. The van der Waals surface area contributed by atoms with Gasteiger partial charge < -0.3 is 4.98 Å². The highest BCUT2D eigenvalue weighted by molar-refractivity contribution is 5.81. The SMILES string of the molecule is Cc1nn2c(=O)cc(-c3ccc(C#N)cc3)[nH]c2c1-c1ccc(F)cc1F. The van der Waals surface area contributed by atoms with Crippen LogP contribution in [0.15, 0.2) is 53.3 Å². The highest BCUT2D eigenvalue weighted by Gasteiger charge is 2.18. The number of nitrogens with zero attached hydrogens (tertiary/aromatic N) is 3. The van der Waals surface area contributed by atoms with Gasteiger partial charge in [0.2, 0.25) is 0 Å². The summed E-state index contributed by atoms with van der Waals surface area (Å²) in [5, 5.41) is 13.1. The number of halogens is 2. The Morgan fingerprint density at radius 2 is 1.85 bits per heavy atom. The van der Waals surface area contributed by atoms with Gasteiger partial charge in [0.1, 0.15) is 17.3 Å². The van der Waals surface area contributed by atoms with E-state index in [9.17, 15) is 13.6 Å². The van der Waals surface area contributed by atoms with E-state index in [0.29, 0.717) is 33.7 Å². The summed E-state index contributed by atoms with van der Waals surface area (Å²) in [7, 11) is 0. The van der Waals surface area contributed by atoms with Gasteiger partial charge >= 0.3 is 0 Å². The van der Waals surface area contributed by atoms with Crippen molar-refractivity contribution in [3.05, 3.63) is 81.8 Å². The van der Waals surface area contributed by atoms with Crippen LogP contribution < -0.4 is 5.56 Å². The number of aromatic nitrogens is 3. The number of hydrogen-bond acceptors (Lipinski definition) is 3. The number of nitrogens with one attached hydrogen (secondary N) is 1. The number of rotatable bonds is 2. The van der Waals surface area contributed by atoms with E-state index in [0.717, 1.165) is 16.6 Å². The molecule has 0 atom stereocenters. The monoisotopic (exact) mass is 362 g/mol. The van der Waals surface area contributed by atoms with Crippen LogP contribution in [0.5, 0.6) is 0 Å². The van der Waals surface area contributed by atoms with Crippen LogP contribution in [0, 0.1) is 29.9 Å². The molecule has 0 radical (unpaired) electrons. The number of benzene rings is 2. The molecule has 0 aliphatic heterocycles. The molecule has 1 N–H and O–H groups in total. The maximum Gasteiger partial charge on any atom is 0.274 e. The van der Waals surface area contributed by atoms with E-state index < -0.39 is 11.6 Å². The summed E-state index contributed by atoms with van der Waals surface area (Å²) in [4.78, 5) is 15.6. The summed E-state index contributed by atoms with van der Waals surface area (Å²) in [6, 6.07) is 13.4. The van der Waals surface area contributed by atoms with Crippen LogP contribution in [0.3, 0.4) is 0 Å². The van der Waals surface area contributed by atoms with Crippen LogP contribution in [0.4, 0.5) is 8.78 Å². The van der Waals surface area contributed by atoms with Crippen LogP contribution in [-0.4, -0.2) is 14.6 Å². The van der Waals surface area contributed by atoms with Crippen molar-refractivity contribution in [2.75, 3.05) is 0 Å². The average molecular weight is 362 g/mol. The number of fused-ring (bicyclic) bond motifs is 1. The second-order valence-corrected chi connectivity index (χ2v) is 6.06. The summed E-state index contributed by atoms with van der Waals surface area (Å²) < 4.78 is 28.8. The normalized spacial score (nSPS) is 10.9. The molecule has 0 spiro atoms. The zero-order chi connectivity index (χ0) is 19.1. The third-order valence-electron chi connectivity index (χ3n) is 4.32. The Balaban J connectivity index is 1.98. The van der Waals surface area contributed by atoms with Crippen molar-refractivity contribution >= 4 is 5.65 Å². The van der Waals surface area contributed by atoms with Crippen LogP contribution in [0.2, 0.25) is 0 Å². The number of nitriles is 1. The van der Waals surface area contributed by atoms with E-state index >= 15 is 0 Å². The van der Waals surface area contributed by atoms with Gasteiger partial charge in [0, 0.05) is 17.7 Å². The maximum atomic E-state index is 14.3. The molecule has 2 aromatic heterocycles. The molecule has 4 rings (SSSR count). The molecule has 0 unspecified atom stereocenters. The first-order chi connectivity index (χ1) is 13.0. The predicted octanol–water partition coefficient (Wildman–Crippen LogP) is 3.81. The minimum absolute atomic E-state index is 0.150. The summed E-state index contributed by atoms with van der Waals surface area (Å²) in [5.41, 5.74) is 2.59. The van der Waals surface area contributed by atoms with Crippen molar-refractivity contribution in [3.63, 3.8) is 0 Å². The first kappa shape index (κ1) is 16.7. The number of hydrogen-bond donors (Lipinski definition) is 1. The van der Waals surface area contributed by atoms with Gasteiger partial charge in [-0.2, -0.15) is 14.9 Å². The lowest BCUT2D eigenvalue weighted by molar-refractivity contribution is 0.585. The highest BCUT2D eigenvalue weighted by atomic mass is 19.1. The summed E-state index contributed by atoms with van der Waals surface area (Å²) in [5.74, 6) is -1.42. The van der Waals surface area contributed by atoms with Gasteiger partial charge in [-0.05, 0) is 36.8 Å². The number of aromatic amines is 1. The van der Waals surface area contributed by atoms with Crippen molar-refractivity contribution in [2.24, 2.45) is 0 Å². The Bertz CT molecular complexity index is 1280. The second kappa shape index (κ2) is 6.18. The van der Waals surface area contributed by atoms with E-state index in [4.69, 9.17) is 5.26 Å². The third-order valence-corrected chi connectivity index (χ3v) is 4.32. The molecule has 2 heterocycles.